The Bertz CT molecular complexity index is 457. The van der Waals surface area contributed by atoms with Crippen LogP contribution in [0.4, 0.5) is 0 Å². The molecule has 0 saturated heterocycles. The van der Waals surface area contributed by atoms with Gasteiger partial charge >= 0.3 is 0 Å². The highest BCUT2D eigenvalue weighted by Gasteiger charge is 2.05. The molecule has 0 radical (unpaired) electrons. The van der Waals surface area contributed by atoms with E-state index in [0.29, 0.717) is 0 Å². The number of hydrogen-bond acceptors (Lipinski definition) is 1. The number of benzene rings is 1. The van der Waals surface area contributed by atoms with Crippen molar-refractivity contribution in [3.05, 3.63) is 35.5 Å². The van der Waals surface area contributed by atoms with E-state index >= 15 is 0 Å². The summed E-state index contributed by atoms with van der Waals surface area (Å²) in [5.74, 6) is 0. The predicted octanol–water partition coefficient (Wildman–Crippen LogP) is 2.76. The zero-order valence-corrected chi connectivity index (χ0v) is 9.38. The molecule has 0 saturated carbocycles. The van der Waals surface area contributed by atoms with Gasteiger partial charge in [-0.2, -0.15) is 0 Å². The Morgan fingerprint density at radius 2 is 2.20 bits per heavy atom. The molecular weight excluding hydrogens is 184 g/mol. The van der Waals surface area contributed by atoms with E-state index in [9.17, 15) is 0 Å². The van der Waals surface area contributed by atoms with Crippen LogP contribution < -0.4 is 5.73 Å². The maximum absolute atomic E-state index is 5.94. The summed E-state index contributed by atoms with van der Waals surface area (Å²) in [5, 5.41) is 1.29. The van der Waals surface area contributed by atoms with Gasteiger partial charge in [0.05, 0.1) is 0 Å². The van der Waals surface area contributed by atoms with Gasteiger partial charge in [0.2, 0.25) is 0 Å². The van der Waals surface area contributed by atoms with E-state index in [1.54, 1.807) is 0 Å². The van der Waals surface area contributed by atoms with Crippen LogP contribution in [0.25, 0.3) is 10.9 Å². The van der Waals surface area contributed by atoms with E-state index in [2.05, 4.69) is 43.1 Å². The van der Waals surface area contributed by atoms with Crippen LogP contribution in [-0.4, -0.2) is 11.0 Å². The molecule has 2 aromatic rings. The van der Waals surface area contributed by atoms with E-state index in [1.807, 2.05) is 0 Å². The molecule has 0 spiro atoms. The van der Waals surface area contributed by atoms with Crippen LogP contribution in [0.3, 0.4) is 0 Å². The molecule has 1 aromatic heterocycles. The molecular formula is C13H18N2. The first-order chi connectivity index (χ1) is 7.20. The molecule has 0 amide bonds. The fourth-order valence-corrected chi connectivity index (χ4v) is 1.90. The van der Waals surface area contributed by atoms with Gasteiger partial charge in [-0.25, -0.2) is 0 Å². The van der Waals surface area contributed by atoms with Gasteiger partial charge in [0, 0.05) is 23.7 Å². The van der Waals surface area contributed by atoms with Crippen molar-refractivity contribution < 1.29 is 0 Å². The van der Waals surface area contributed by atoms with Crippen LogP contribution in [0, 0.1) is 6.92 Å². The summed E-state index contributed by atoms with van der Waals surface area (Å²) in [5.41, 5.74) is 9.73. The Kier molecular flexibility index (Phi) is 2.78. The van der Waals surface area contributed by atoms with Crippen LogP contribution in [0.1, 0.15) is 24.6 Å². The van der Waals surface area contributed by atoms with Crippen LogP contribution in [0.2, 0.25) is 0 Å². The first-order valence-electron chi connectivity index (χ1n) is 5.53. The number of rotatable bonds is 3. The third-order valence-corrected chi connectivity index (χ3v) is 2.93. The molecule has 1 aromatic carbocycles. The van der Waals surface area contributed by atoms with Gasteiger partial charge in [-0.15, -0.1) is 0 Å². The standard InChI is InChI=1S/C13H18N2/c1-3-11(14)8-12-7-10-6-4-5-9(2)13(10)15-12/h4-7,11,15H,3,8,14H2,1-2H3. The molecule has 1 unspecified atom stereocenters. The number of hydrogen-bond donors (Lipinski definition) is 2. The predicted molar refractivity (Wildman–Crippen MR) is 65.0 cm³/mol. The number of nitrogens with two attached hydrogens (primary N) is 1. The minimum absolute atomic E-state index is 0.262. The van der Waals surface area contributed by atoms with Gasteiger partial charge in [-0.05, 0) is 30.4 Å². The molecule has 1 heterocycles. The number of para-hydroxylation sites is 1. The summed E-state index contributed by atoms with van der Waals surface area (Å²) in [4.78, 5) is 3.45. The van der Waals surface area contributed by atoms with Gasteiger partial charge in [0.25, 0.3) is 0 Å². The SMILES string of the molecule is CCC(N)Cc1cc2cccc(C)c2[nH]1. The molecule has 0 fully saturated rings. The van der Waals surface area contributed by atoms with Gasteiger partial charge in [0.1, 0.15) is 0 Å². The molecule has 0 aliphatic rings. The highest BCUT2D eigenvalue weighted by Crippen LogP contribution is 2.19. The van der Waals surface area contributed by atoms with Crippen LogP contribution in [-0.2, 0) is 6.42 Å². The lowest BCUT2D eigenvalue weighted by Crippen LogP contribution is -2.21. The second-order valence-electron chi connectivity index (χ2n) is 4.21. The number of nitrogens with one attached hydrogen (secondary N) is 1. The Morgan fingerprint density at radius 3 is 2.87 bits per heavy atom. The summed E-state index contributed by atoms with van der Waals surface area (Å²) >= 11 is 0. The Hall–Kier alpha value is -1.28. The highest BCUT2D eigenvalue weighted by molar-refractivity contribution is 5.83. The Labute approximate surface area is 90.5 Å². The molecule has 0 aliphatic heterocycles. The molecule has 1 atom stereocenters. The summed E-state index contributed by atoms with van der Waals surface area (Å²) in [7, 11) is 0. The summed E-state index contributed by atoms with van der Waals surface area (Å²) < 4.78 is 0. The second kappa shape index (κ2) is 4.07. The zero-order valence-electron chi connectivity index (χ0n) is 9.38. The lowest BCUT2D eigenvalue weighted by Gasteiger charge is -2.05. The molecule has 3 N–H and O–H groups in total. The lowest BCUT2D eigenvalue weighted by molar-refractivity contribution is 0.639. The topological polar surface area (TPSA) is 41.8 Å². The molecule has 15 heavy (non-hydrogen) atoms. The second-order valence-corrected chi connectivity index (χ2v) is 4.21. The molecule has 0 bridgehead atoms. The molecule has 2 rings (SSSR count). The van der Waals surface area contributed by atoms with Gasteiger partial charge < -0.3 is 10.7 Å². The first-order valence-corrected chi connectivity index (χ1v) is 5.53. The van der Waals surface area contributed by atoms with E-state index < -0.39 is 0 Å². The number of aromatic amines is 1. The van der Waals surface area contributed by atoms with Crippen molar-refractivity contribution in [2.45, 2.75) is 32.7 Å². The largest absolute Gasteiger partial charge is 0.358 e. The van der Waals surface area contributed by atoms with Crippen molar-refractivity contribution in [3.8, 4) is 0 Å². The van der Waals surface area contributed by atoms with Crippen molar-refractivity contribution in [1.29, 1.82) is 0 Å². The van der Waals surface area contributed by atoms with E-state index in [0.717, 1.165) is 12.8 Å². The van der Waals surface area contributed by atoms with E-state index in [1.165, 1.54) is 22.2 Å². The number of fused-ring (bicyclic) bond motifs is 1. The number of aromatic nitrogens is 1. The summed E-state index contributed by atoms with van der Waals surface area (Å²) in [6.07, 6.45) is 1.96. The third-order valence-electron chi connectivity index (χ3n) is 2.93. The molecule has 2 heteroatoms. The number of H-pyrrole nitrogens is 1. The number of aryl methyl sites for hydroxylation is 1. The summed E-state index contributed by atoms with van der Waals surface area (Å²) in [6, 6.07) is 8.83. The van der Waals surface area contributed by atoms with E-state index in [-0.39, 0.29) is 6.04 Å². The fraction of sp³-hybridized carbons (Fsp3) is 0.385. The van der Waals surface area contributed by atoms with Crippen molar-refractivity contribution >= 4 is 10.9 Å². The fourth-order valence-electron chi connectivity index (χ4n) is 1.90. The highest BCUT2D eigenvalue weighted by atomic mass is 14.7. The quantitative estimate of drug-likeness (QED) is 0.789. The summed E-state index contributed by atoms with van der Waals surface area (Å²) in [6.45, 7) is 4.25. The smallest absolute Gasteiger partial charge is 0.0485 e. The minimum Gasteiger partial charge on any atom is -0.358 e. The zero-order chi connectivity index (χ0) is 10.8. The third kappa shape index (κ3) is 2.05. The van der Waals surface area contributed by atoms with Crippen molar-refractivity contribution in [2.24, 2.45) is 5.73 Å². The van der Waals surface area contributed by atoms with E-state index in [4.69, 9.17) is 5.73 Å². The van der Waals surface area contributed by atoms with Gasteiger partial charge in [-0.1, -0.05) is 25.1 Å². The molecule has 80 valence electrons. The van der Waals surface area contributed by atoms with Crippen molar-refractivity contribution in [3.63, 3.8) is 0 Å². The normalized spacial score (nSPS) is 13.3. The maximum Gasteiger partial charge on any atom is 0.0485 e. The van der Waals surface area contributed by atoms with Crippen LogP contribution >= 0.6 is 0 Å². The van der Waals surface area contributed by atoms with Crippen LogP contribution in [0.15, 0.2) is 24.3 Å². The first kappa shape index (κ1) is 10.2. The monoisotopic (exact) mass is 202 g/mol. The van der Waals surface area contributed by atoms with Gasteiger partial charge in [0.15, 0.2) is 0 Å². The Morgan fingerprint density at radius 1 is 1.40 bits per heavy atom. The van der Waals surface area contributed by atoms with Crippen LogP contribution in [0.5, 0.6) is 0 Å². The Balaban J connectivity index is 2.35. The molecule has 2 nitrogen and oxygen atoms in total. The minimum atomic E-state index is 0.262. The van der Waals surface area contributed by atoms with Crippen molar-refractivity contribution in [2.75, 3.05) is 0 Å². The van der Waals surface area contributed by atoms with Gasteiger partial charge in [-0.3, -0.25) is 0 Å². The van der Waals surface area contributed by atoms with Crippen molar-refractivity contribution in [1.82, 2.24) is 4.98 Å². The average Bonchev–Trinajstić information content (AvgIpc) is 2.62. The maximum atomic E-state index is 5.94. The molecule has 0 aliphatic carbocycles. The average molecular weight is 202 g/mol. The lowest BCUT2D eigenvalue weighted by atomic mass is 10.1.